The highest BCUT2D eigenvalue weighted by Gasteiger charge is 2.22. The molecule has 7 heteroatoms. The third kappa shape index (κ3) is 3.86. The van der Waals surface area contributed by atoms with Gasteiger partial charge in [0.1, 0.15) is 0 Å². The molecule has 2 aromatic rings. The van der Waals surface area contributed by atoms with Gasteiger partial charge in [-0.15, -0.1) is 0 Å². The van der Waals surface area contributed by atoms with E-state index in [9.17, 15) is 13.2 Å². The first-order valence-electron chi connectivity index (χ1n) is 8.53. The zero-order valence-corrected chi connectivity index (χ0v) is 16.1. The number of sulfonamides is 1. The van der Waals surface area contributed by atoms with E-state index in [-0.39, 0.29) is 10.8 Å². The van der Waals surface area contributed by atoms with Crippen LogP contribution in [0.4, 0.5) is 5.69 Å². The number of piperidine rings is 1. The molecular formula is C19H21ClN2O3S. The number of nitrogens with zero attached hydrogens (tertiary/aromatic N) is 2. The van der Waals surface area contributed by atoms with Crippen molar-refractivity contribution in [2.24, 2.45) is 0 Å². The highest BCUT2D eigenvalue weighted by molar-refractivity contribution is 7.92. The number of amides is 1. The summed E-state index contributed by atoms with van der Waals surface area (Å²) >= 11 is 5.83. The van der Waals surface area contributed by atoms with E-state index >= 15 is 0 Å². The molecule has 0 bridgehead atoms. The Kier molecular flexibility index (Phi) is 5.53. The molecule has 3 rings (SSSR count). The molecule has 1 amide bonds. The number of carbonyl (C=O) groups excluding carboxylic acids is 1. The quantitative estimate of drug-likeness (QED) is 0.795. The molecule has 0 unspecified atom stereocenters. The van der Waals surface area contributed by atoms with Crippen molar-refractivity contribution in [3.05, 3.63) is 59.1 Å². The molecule has 0 N–H and O–H groups in total. The smallest absolute Gasteiger partial charge is 0.264 e. The van der Waals surface area contributed by atoms with Gasteiger partial charge in [0.2, 0.25) is 0 Å². The summed E-state index contributed by atoms with van der Waals surface area (Å²) in [5.41, 5.74) is 1.07. The summed E-state index contributed by atoms with van der Waals surface area (Å²) in [6.07, 6.45) is 3.23. The standard InChI is InChI=1S/C19H21ClN2O3S/c1-21(26(24,25)18-11-7-16(20)8-12-18)17-9-5-15(6-10-17)19(23)22-13-3-2-4-14-22/h5-12H,2-4,13-14H2,1H3. The highest BCUT2D eigenvalue weighted by Crippen LogP contribution is 2.24. The molecule has 138 valence electrons. The number of likely N-dealkylation sites (tertiary alicyclic amines) is 1. The van der Waals surface area contributed by atoms with E-state index in [1.807, 2.05) is 4.90 Å². The molecule has 0 atom stereocenters. The van der Waals surface area contributed by atoms with Crippen molar-refractivity contribution in [2.75, 3.05) is 24.4 Å². The molecule has 0 radical (unpaired) electrons. The lowest BCUT2D eigenvalue weighted by atomic mass is 10.1. The van der Waals surface area contributed by atoms with Crippen LogP contribution in [0.15, 0.2) is 53.4 Å². The van der Waals surface area contributed by atoms with Crippen LogP contribution in [0, 0.1) is 0 Å². The summed E-state index contributed by atoms with van der Waals surface area (Å²) in [6.45, 7) is 1.57. The predicted molar refractivity (Wildman–Crippen MR) is 103 cm³/mol. The lowest BCUT2D eigenvalue weighted by molar-refractivity contribution is 0.0724. The van der Waals surface area contributed by atoms with Gasteiger partial charge in [0, 0.05) is 30.7 Å². The zero-order valence-electron chi connectivity index (χ0n) is 14.6. The van der Waals surface area contributed by atoms with Crippen molar-refractivity contribution in [3.8, 4) is 0 Å². The molecule has 2 aromatic carbocycles. The van der Waals surface area contributed by atoms with Gasteiger partial charge in [0.15, 0.2) is 0 Å². The average molecular weight is 393 g/mol. The Labute approximate surface area is 159 Å². The van der Waals surface area contributed by atoms with Gasteiger partial charge in [-0.1, -0.05) is 11.6 Å². The van der Waals surface area contributed by atoms with Gasteiger partial charge >= 0.3 is 0 Å². The Morgan fingerprint density at radius 1 is 0.962 bits per heavy atom. The van der Waals surface area contributed by atoms with E-state index in [1.165, 1.54) is 23.5 Å². The maximum atomic E-state index is 12.7. The second-order valence-electron chi connectivity index (χ2n) is 6.33. The van der Waals surface area contributed by atoms with Crippen LogP contribution in [0.2, 0.25) is 5.02 Å². The Hall–Kier alpha value is -2.05. The van der Waals surface area contributed by atoms with E-state index in [0.717, 1.165) is 32.4 Å². The number of halogens is 1. The van der Waals surface area contributed by atoms with Crippen molar-refractivity contribution in [1.82, 2.24) is 4.90 Å². The summed E-state index contributed by atoms with van der Waals surface area (Å²) in [4.78, 5) is 14.5. The molecule has 1 aliphatic rings. The van der Waals surface area contributed by atoms with Gasteiger partial charge < -0.3 is 4.90 Å². The van der Waals surface area contributed by atoms with Crippen molar-refractivity contribution in [3.63, 3.8) is 0 Å². The fraction of sp³-hybridized carbons (Fsp3) is 0.316. The van der Waals surface area contributed by atoms with Gasteiger partial charge in [0.05, 0.1) is 10.6 Å². The SMILES string of the molecule is CN(c1ccc(C(=O)N2CCCCC2)cc1)S(=O)(=O)c1ccc(Cl)cc1. The van der Waals surface area contributed by atoms with Crippen LogP contribution in [-0.4, -0.2) is 39.4 Å². The van der Waals surface area contributed by atoms with E-state index in [0.29, 0.717) is 16.3 Å². The molecule has 26 heavy (non-hydrogen) atoms. The first kappa shape index (κ1) is 18.7. The number of rotatable bonds is 4. The minimum atomic E-state index is -3.68. The van der Waals surface area contributed by atoms with Gasteiger partial charge in [-0.2, -0.15) is 0 Å². The number of anilines is 1. The topological polar surface area (TPSA) is 57.7 Å². The van der Waals surface area contributed by atoms with E-state index < -0.39 is 10.0 Å². The van der Waals surface area contributed by atoms with Gasteiger partial charge in [-0.05, 0) is 67.8 Å². The molecule has 0 spiro atoms. The Morgan fingerprint density at radius 2 is 1.54 bits per heavy atom. The Balaban J connectivity index is 1.79. The molecule has 0 saturated carbocycles. The van der Waals surface area contributed by atoms with Crippen LogP contribution in [-0.2, 0) is 10.0 Å². The van der Waals surface area contributed by atoms with Crippen molar-refractivity contribution < 1.29 is 13.2 Å². The second-order valence-corrected chi connectivity index (χ2v) is 8.73. The van der Waals surface area contributed by atoms with Gasteiger partial charge in [-0.3, -0.25) is 9.10 Å². The minimum absolute atomic E-state index is 0.000499. The van der Waals surface area contributed by atoms with Crippen LogP contribution in [0.1, 0.15) is 29.6 Å². The van der Waals surface area contributed by atoms with Crippen LogP contribution < -0.4 is 4.31 Å². The fourth-order valence-corrected chi connectivity index (χ4v) is 4.32. The van der Waals surface area contributed by atoms with Gasteiger partial charge in [0.25, 0.3) is 15.9 Å². The van der Waals surface area contributed by atoms with Crippen molar-refractivity contribution in [2.45, 2.75) is 24.2 Å². The lowest BCUT2D eigenvalue weighted by Crippen LogP contribution is -2.35. The third-order valence-corrected chi connectivity index (χ3v) is 6.64. The number of hydrogen-bond acceptors (Lipinski definition) is 3. The average Bonchev–Trinajstić information content (AvgIpc) is 2.68. The third-order valence-electron chi connectivity index (χ3n) is 4.59. The largest absolute Gasteiger partial charge is 0.339 e. The molecule has 5 nitrogen and oxygen atoms in total. The van der Waals surface area contributed by atoms with Crippen LogP contribution in [0.25, 0.3) is 0 Å². The van der Waals surface area contributed by atoms with Crippen LogP contribution >= 0.6 is 11.6 Å². The molecule has 1 heterocycles. The Bertz CT molecular complexity index is 874. The zero-order chi connectivity index (χ0) is 18.7. The van der Waals surface area contributed by atoms with Crippen LogP contribution in [0.5, 0.6) is 0 Å². The van der Waals surface area contributed by atoms with E-state index in [2.05, 4.69) is 0 Å². The molecule has 1 saturated heterocycles. The maximum absolute atomic E-state index is 12.7. The summed E-state index contributed by atoms with van der Waals surface area (Å²) < 4.78 is 26.6. The molecular weight excluding hydrogens is 372 g/mol. The summed E-state index contributed by atoms with van der Waals surface area (Å²) in [5, 5.41) is 0.479. The van der Waals surface area contributed by atoms with E-state index in [4.69, 9.17) is 11.6 Å². The summed E-state index contributed by atoms with van der Waals surface area (Å²) in [5.74, 6) is -0.000499. The van der Waals surface area contributed by atoms with Crippen molar-refractivity contribution in [1.29, 1.82) is 0 Å². The second kappa shape index (κ2) is 7.68. The summed E-state index contributed by atoms with van der Waals surface area (Å²) in [7, 11) is -2.19. The monoisotopic (exact) mass is 392 g/mol. The highest BCUT2D eigenvalue weighted by atomic mass is 35.5. The molecule has 0 aliphatic carbocycles. The van der Waals surface area contributed by atoms with E-state index in [1.54, 1.807) is 36.4 Å². The maximum Gasteiger partial charge on any atom is 0.264 e. The summed E-state index contributed by atoms with van der Waals surface area (Å²) in [6, 6.07) is 12.7. The van der Waals surface area contributed by atoms with Crippen molar-refractivity contribution >= 4 is 33.2 Å². The molecule has 1 fully saturated rings. The Morgan fingerprint density at radius 3 is 2.12 bits per heavy atom. The molecule has 1 aliphatic heterocycles. The number of hydrogen-bond donors (Lipinski definition) is 0. The minimum Gasteiger partial charge on any atom is -0.339 e. The predicted octanol–water partition coefficient (Wildman–Crippen LogP) is 3.79. The number of benzene rings is 2. The normalized spacial score (nSPS) is 14.9. The first-order chi connectivity index (χ1) is 12.4. The number of carbonyl (C=O) groups is 1. The molecule has 0 aromatic heterocycles. The lowest BCUT2D eigenvalue weighted by Gasteiger charge is -2.27. The van der Waals surface area contributed by atoms with Gasteiger partial charge in [-0.25, -0.2) is 8.42 Å². The first-order valence-corrected chi connectivity index (χ1v) is 10.4. The fourth-order valence-electron chi connectivity index (χ4n) is 3.00. The van der Waals surface area contributed by atoms with Crippen LogP contribution in [0.3, 0.4) is 0 Å².